The van der Waals surface area contributed by atoms with Crippen molar-refractivity contribution < 1.29 is 29.3 Å². The highest BCUT2D eigenvalue weighted by atomic mass is 16.7. The van der Waals surface area contributed by atoms with Crippen LogP contribution >= 0.6 is 0 Å². The molecule has 0 saturated carbocycles. The average Bonchev–Trinajstić information content (AvgIpc) is 2.62. The largest absolute Gasteiger partial charge is 0.480 e. The van der Waals surface area contributed by atoms with Crippen LogP contribution in [0.5, 0.6) is 0 Å². The van der Waals surface area contributed by atoms with Crippen molar-refractivity contribution >= 4 is 23.7 Å². The van der Waals surface area contributed by atoms with Gasteiger partial charge in [0.25, 0.3) is 0 Å². The minimum atomic E-state index is -1.23. The van der Waals surface area contributed by atoms with Crippen LogP contribution in [-0.4, -0.2) is 59.5 Å². The Hall–Kier alpha value is -3.70. The Morgan fingerprint density at radius 2 is 1.52 bits per heavy atom. The number of carbonyl (C=O) groups is 4. The fourth-order valence-electron chi connectivity index (χ4n) is 1.94. The maximum atomic E-state index is 12.1. The van der Waals surface area contributed by atoms with Gasteiger partial charge in [0.15, 0.2) is 11.1 Å². The lowest BCUT2D eigenvalue weighted by atomic mass is 10.1. The molecule has 1 aromatic carbocycles. The minimum absolute atomic E-state index is 0.0346. The second-order valence-corrected chi connectivity index (χ2v) is 5.29. The van der Waals surface area contributed by atoms with Gasteiger partial charge in [-0.3, -0.25) is 19.2 Å². The predicted molar refractivity (Wildman–Crippen MR) is 90.7 cm³/mol. The molecule has 1 aromatic rings. The summed E-state index contributed by atoms with van der Waals surface area (Å²) in [5, 5.41) is 24.7. The summed E-state index contributed by atoms with van der Waals surface area (Å²) >= 11 is 0. The molecule has 1 rings (SSSR count). The van der Waals surface area contributed by atoms with Gasteiger partial charge in [0.2, 0.25) is 17.7 Å². The molecule has 12 heteroatoms. The van der Waals surface area contributed by atoms with E-state index in [-0.39, 0.29) is 6.42 Å². The molecule has 0 aliphatic rings. The molecule has 0 fully saturated rings. The van der Waals surface area contributed by atoms with Crippen LogP contribution < -0.4 is 21.4 Å². The summed E-state index contributed by atoms with van der Waals surface area (Å²) < 4.78 is 0. The summed E-state index contributed by atoms with van der Waals surface area (Å²) in [5.41, 5.74) is 2.57. The third kappa shape index (κ3) is 9.38. The molecule has 0 saturated heterocycles. The van der Waals surface area contributed by atoms with Crippen molar-refractivity contribution in [1.82, 2.24) is 21.4 Å². The fourth-order valence-corrected chi connectivity index (χ4v) is 1.94. The first kappa shape index (κ1) is 21.3. The number of carboxylic acids is 1. The van der Waals surface area contributed by atoms with E-state index in [2.05, 4.69) is 10.6 Å². The number of amides is 3. The Balaban J connectivity index is 2.45. The number of nitrogens with zero attached hydrogens (tertiary/aromatic N) is 1. The van der Waals surface area contributed by atoms with E-state index < -0.39 is 54.4 Å². The SMILES string of the molecule is O=C(O)CNC(=O)CNC(=O)CNC(=O)[C@H](Cc1ccccc1)N[N+](=O)[O-]. The lowest BCUT2D eigenvalue weighted by Gasteiger charge is -2.14. The molecule has 0 radical (unpaired) electrons. The Morgan fingerprint density at radius 1 is 0.963 bits per heavy atom. The van der Waals surface area contributed by atoms with E-state index in [1.165, 1.54) is 0 Å². The van der Waals surface area contributed by atoms with E-state index in [0.717, 1.165) is 0 Å². The van der Waals surface area contributed by atoms with Gasteiger partial charge in [0.05, 0.1) is 13.1 Å². The molecule has 0 heterocycles. The van der Waals surface area contributed by atoms with Crippen LogP contribution in [0.1, 0.15) is 5.56 Å². The van der Waals surface area contributed by atoms with Gasteiger partial charge in [-0.1, -0.05) is 30.3 Å². The standard InChI is InChI=1S/C15H19N5O7/c21-12(17-9-14(23)24)7-16-13(22)8-18-15(25)11(19-20(26)27)6-10-4-2-1-3-5-10/h1-5,11,19H,6-9H2,(H,16,22)(H,17,21)(H,18,25)(H,23,24)/t11-/m0/s1. The molecular weight excluding hydrogens is 362 g/mol. The normalized spacial score (nSPS) is 11.0. The molecule has 0 bridgehead atoms. The second kappa shape index (κ2) is 11.0. The molecule has 0 aromatic heterocycles. The van der Waals surface area contributed by atoms with Crippen molar-refractivity contribution in [2.24, 2.45) is 0 Å². The number of nitro groups is 1. The lowest BCUT2D eigenvalue weighted by molar-refractivity contribution is -0.548. The Morgan fingerprint density at radius 3 is 2.07 bits per heavy atom. The summed E-state index contributed by atoms with van der Waals surface area (Å²) in [5.74, 6) is -3.42. The van der Waals surface area contributed by atoms with Crippen molar-refractivity contribution in [1.29, 1.82) is 0 Å². The third-order valence-corrected chi connectivity index (χ3v) is 3.17. The number of rotatable bonds is 11. The van der Waals surface area contributed by atoms with Crippen LogP contribution in [0.2, 0.25) is 0 Å². The van der Waals surface area contributed by atoms with Crippen molar-refractivity contribution in [3.8, 4) is 0 Å². The van der Waals surface area contributed by atoms with E-state index in [1.54, 1.807) is 30.3 Å². The zero-order valence-electron chi connectivity index (χ0n) is 14.1. The zero-order chi connectivity index (χ0) is 20.2. The second-order valence-electron chi connectivity index (χ2n) is 5.29. The zero-order valence-corrected chi connectivity index (χ0v) is 14.1. The van der Waals surface area contributed by atoms with Crippen molar-refractivity contribution in [2.45, 2.75) is 12.5 Å². The van der Waals surface area contributed by atoms with Crippen LogP contribution in [0, 0.1) is 10.1 Å². The number of hydrogen-bond donors (Lipinski definition) is 5. The number of carbonyl (C=O) groups excluding carboxylic acids is 3. The highest BCUT2D eigenvalue weighted by Crippen LogP contribution is 2.03. The molecule has 0 unspecified atom stereocenters. The van der Waals surface area contributed by atoms with Gasteiger partial charge in [-0.25, -0.2) is 10.1 Å². The summed E-state index contributed by atoms with van der Waals surface area (Å²) in [6, 6.07) is 7.40. The van der Waals surface area contributed by atoms with Gasteiger partial charge in [0, 0.05) is 6.42 Å². The van der Waals surface area contributed by atoms with Crippen molar-refractivity contribution in [3.05, 3.63) is 46.0 Å². The third-order valence-electron chi connectivity index (χ3n) is 3.17. The van der Waals surface area contributed by atoms with Gasteiger partial charge in [0.1, 0.15) is 6.54 Å². The van der Waals surface area contributed by atoms with Crippen LogP contribution in [0.4, 0.5) is 0 Å². The highest BCUT2D eigenvalue weighted by molar-refractivity contribution is 5.90. The molecule has 3 amide bonds. The molecule has 27 heavy (non-hydrogen) atoms. The van der Waals surface area contributed by atoms with Gasteiger partial charge in [-0.15, -0.1) is 5.43 Å². The minimum Gasteiger partial charge on any atom is -0.480 e. The topological polar surface area (TPSA) is 180 Å². The Labute approximate surface area is 153 Å². The number of hydrazine groups is 1. The molecule has 5 N–H and O–H groups in total. The van der Waals surface area contributed by atoms with Gasteiger partial charge in [-0.2, -0.15) is 0 Å². The smallest absolute Gasteiger partial charge is 0.322 e. The van der Waals surface area contributed by atoms with Crippen molar-refractivity contribution in [2.75, 3.05) is 19.6 Å². The van der Waals surface area contributed by atoms with E-state index in [9.17, 15) is 29.3 Å². The molecule has 12 nitrogen and oxygen atoms in total. The molecule has 0 aliphatic carbocycles. The van der Waals surface area contributed by atoms with E-state index >= 15 is 0 Å². The summed E-state index contributed by atoms with van der Waals surface area (Å²) in [7, 11) is 0. The predicted octanol–water partition coefficient (Wildman–Crippen LogP) is -2.19. The molecule has 0 aliphatic heterocycles. The first-order valence-corrected chi connectivity index (χ1v) is 7.75. The average molecular weight is 381 g/mol. The Bertz CT molecular complexity index is 695. The molecule has 0 spiro atoms. The van der Waals surface area contributed by atoms with E-state index in [4.69, 9.17) is 5.11 Å². The van der Waals surface area contributed by atoms with Gasteiger partial charge >= 0.3 is 5.97 Å². The van der Waals surface area contributed by atoms with Crippen LogP contribution in [0.25, 0.3) is 0 Å². The first-order chi connectivity index (χ1) is 12.8. The number of nitrogens with one attached hydrogen (secondary N) is 4. The monoisotopic (exact) mass is 381 g/mol. The number of carboxylic acid groups (broad SMARTS) is 1. The Kier molecular flexibility index (Phi) is 8.71. The van der Waals surface area contributed by atoms with Gasteiger partial charge in [-0.05, 0) is 5.56 Å². The maximum Gasteiger partial charge on any atom is 0.322 e. The quantitative estimate of drug-likeness (QED) is 0.212. The maximum absolute atomic E-state index is 12.1. The molecule has 1 atom stereocenters. The number of benzene rings is 1. The number of aliphatic carboxylic acids is 1. The van der Waals surface area contributed by atoms with Gasteiger partial charge < -0.3 is 21.1 Å². The first-order valence-electron chi connectivity index (χ1n) is 7.75. The lowest BCUT2D eigenvalue weighted by Crippen LogP contribution is -2.50. The van der Waals surface area contributed by atoms with Crippen LogP contribution in [0.3, 0.4) is 0 Å². The van der Waals surface area contributed by atoms with E-state index in [1.807, 2.05) is 10.7 Å². The molecule has 146 valence electrons. The van der Waals surface area contributed by atoms with Crippen LogP contribution in [-0.2, 0) is 25.6 Å². The summed E-state index contributed by atoms with van der Waals surface area (Å²) in [6.07, 6.45) is 0.0346. The summed E-state index contributed by atoms with van der Waals surface area (Å²) in [4.78, 5) is 55.9. The van der Waals surface area contributed by atoms with E-state index in [0.29, 0.717) is 5.56 Å². The fraction of sp³-hybridized carbons (Fsp3) is 0.333. The van der Waals surface area contributed by atoms with Crippen molar-refractivity contribution in [3.63, 3.8) is 0 Å². The summed E-state index contributed by atoms with van der Waals surface area (Å²) in [6.45, 7) is -1.56. The highest BCUT2D eigenvalue weighted by Gasteiger charge is 2.23. The number of hydrogen-bond acceptors (Lipinski definition) is 6. The molecular formula is C15H19N5O7. The van der Waals surface area contributed by atoms with Crippen LogP contribution in [0.15, 0.2) is 30.3 Å².